The van der Waals surface area contributed by atoms with Crippen LogP contribution in [0.3, 0.4) is 0 Å². The maximum atomic E-state index is 12.1. The smallest absolute Gasteiger partial charge is 0.310 e. The summed E-state index contributed by atoms with van der Waals surface area (Å²) in [6.45, 7) is 3.61. The Morgan fingerprint density at radius 2 is 2.11 bits per heavy atom. The van der Waals surface area contributed by atoms with Crippen LogP contribution in [-0.4, -0.2) is 59.5 Å². The minimum absolute atomic E-state index is 0.125. The second-order valence-electron chi connectivity index (χ2n) is 6.03. The number of nitrogens with zero attached hydrogens (tertiary/aromatic N) is 2. The predicted octanol–water partition coefficient (Wildman–Crippen LogP) is 1.18. The largest absolute Gasteiger partial charge is 0.481 e. The average Bonchev–Trinajstić information content (AvgIpc) is 3.12. The van der Waals surface area contributed by atoms with Gasteiger partial charge in [0.25, 0.3) is 0 Å². The van der Waals surface area contributed by atoms with E-state index in [1.807, 2.05) is 23.8 Å². The second-order valence-corrected chi connectivity index (χ2v) is 6.03. The first-order valence-electron chi connectivity index (χ1n) is 7.20. The second kappa shape index (κ2) is 5.49. The standard InChI is InChI=1S/C14H24N2O3/c1-3-6-14(13(18)19)7-8-16(10-14)9-12(17)15(2)11-4-5-11/h11H,3-10H2,1-2H3,(H,18,19). The topological polar surface area (TPSA) is 60.9 Å². The predicted molar refractivity (Wildman–Crippen MR) is 71.8 cm³/mol. The number of rotatable bonds is 6. The molecule has 0 aromatic heterocycles. The summed E-state index contributed by atoms with van der Waals surface area (Å²) >= 11 is 0. The van der Waals surface area contributed by atoms with Crippen LogP contribution in [0.4, 0.5) is 0 Å². The van der Waals surface area contributed by atoms with Crippen molar-refractivity contribution in [1.29, 1.82) is 0 Å². The van der Waals surface area contributed by atoms with Crippen molar-refractivity contribution in [3.05, 3.63) is 0 Å². The highest BCUT2D eigenvalue weighted by atomic mass is 16.4. The molecule has 1 heterocycles. The van der Waals surface area contributed by atoms with Gasteiger partial charge in [-0.25, -0.2) is 0 Å². The van der Waals surface area contributed by atoms with Crippen molar-refractivity contribution in [3.8, 4) is 0 Å². The van der Waals surface area contributed by atoms with Gasteiger partial charge in [-0.1, -0.05) is 13.3 Å². The van der Waals surface area contributed by atoms with Crippen LogP contribution < -0.4 is 0 Å². The Labute approximate surface area is 114 Å². The highest BCUT2D eigenvalue weighted by Crippen LogP contribution is 2.35. The molecule has 5 heteroatoms. The molecule has 2 aliphatic rings. The highest BCUT2D eigenvalue weighted by molar-refractivity contribution is 5.79. The molecule has 0 aromatic carbocycles. The number of hydrogen-bond acceptors (Lipinski definition) is 3. The Kier molecular flexibility index (Phi) is 4.13. The molecule has 1 aliphatic carbocycles. The lowest BCUT2D eigenvalue weighted by atomic mass is 9.83. The van der Waals surface area contributed by atoms with Crippen LogP contribution in [0, 0.1) is 5.41 Å². The van der Waals surface area contributed by atoms with Crippen molar-refractivity contribution in [3.63, 3.8) is 0 Å². The number of likely N-dealkylation sites (tertiary alicyclic amines) is 1. The minimum Gasteiger partial charge on any atom is -0.481 e. The molecule has 19 heavy (non-hydrogen) atoms. The first-order valence-corrected chi connectivity index (χ1v) is 7.20. The van der Waals surface area contributed by atoms with Crippen LogP contribution in [0.1, 0.15) is 39.0 Å². The monoisotopic (exact) mass is 268 g/mol. The average molecular weight is 268 g/mol. The van der Waals surface area contributed by atoms with E-state index in [2.05, 4.69) is 0 Å². The van der Waals surface area contributed by atoms with Crippen LogP contribution in [0.25, 0.3) is 0 Å². The minimum atomic E-state index is -0.708. The van der Waals surface area contributed by atoms with E-state index in [0.717, 1.165) is 25.8 Å². The first-order chi connectivity index (χ1) is 8.98. The van der Waals surface area contributed by atoms with Crippen LogP contribution in [0.2, 0.25) is 0 Å². The van der Waals surface area contributed by atoms with Gasteiger partial charge in [0, 0.05) is 19.6 Å². The number of hydrogen-bond donors (Lipinski definition) is 1. The van der Waals surface area contributed by atoms with Crippen LogP contribution >= 0.6 is 0 Å². The fourth-order valence-corrected chi connectivity index (χ4v) is 3.03. The molecule has 0 radical (unpaired) electrons. The van der Waals surface area contributed by atoms with Gasteiger partial charge in [0.15, 0.2) is 0 Å². The number of carbonyl (C=O) groups is 2. The molecule has 0 bridgehead atoms. The molecule has 2 fully saturated rings. The molecule has 1 atom stereocenters. The fraction of sp³-hybridized carbons (Fsp3) is 0.857. The lowest BCUT2D eigenvalue weighted by Gasteiger charge is -2.25. The number of carbonyl (C=O) groups excluding carboxylic acids is 1. The van der Waals surface area contributed by atoms with Crippen LogP contribution in [-0.2, 0) is 9.59 Å². The Morgan fingerprint density at radius 1 is 1.42 bits per heavy atom. The number of carboxylic acid groups (broad SMARTS) is 1. The number of likely N-dealkylation sites (N-methyl/N-ethyl adjacent to an activating group) is 1. The molecule has 2 rings (SSSR count). The van der Waals surface area contributed by atoms with Crippen LogP contribution in [0.15, 0.2) is 0 Å². The summed E-state index contributed by atoms with van der Waals surface area (Å²) in [5, 5.41) is 9.43. The molecule has 0 aromatic rings. The maximum absolute atomic E-state index is 12.1. The molecular formula is C14H24N2O3. The molecule has 1 aliphatic heterocycles. The summed E-state index contributed by atoms with van der Waals surface area (Å²) in [5.74, 6) is -0.583. The van der Waals surface area contributed by atoms with E-state index in [9.17, 15) is 14.7 Å². The molecule has 5 nitrogen and oxygen atoms in total. The van der Waals surface area contributed by atoms with E-state index in [-0.39, 0.29) is 5.91 Å². The Bertz CT molecular complexity index is 368. The summed E-state index contributed by atoms with van der Waals surface area (Å²) in [5.41, 5.74) is -0.632. The third-order valence-corrected chi connectivity index (χ3v) is 4.46. The van der Waals surface area contributed by atoms with Gasteiger partial charge in [-0.15, -0.1) is 0 Å². The molecule has 1 saturated heterocycles. The SMILES string of the molecule is CCCC1(C(=O)O)CCN(CC(=O)N(C)C2CC2)C1. The number of aliphatic carboxylic acids is 1. The van der Waals surface area contributed by atoms with Crippen molar-refractivity contribution in [2.45, 2.75) is 45.1 Å². The van der Waals surface area contributed by atoms with Crippen LogP contribution in [0.5, 0.6) is 0 Å². The van der Waals surface area contributed by atoms with Gasteiger partial charge in [-0.3, -0.25) is 14.5 Å². The van der Waals surface area contributed by atoms with Crippen molar-refractivity contribution in [2.75, 3.05) is 26.7 Å². The zero-order chi connectivity index (χ0) is 14.0. The van der Waals surface area contributed by atoms with Gasteiger partial charge < -0.3 is 10.0 Å². The van der Waals surface area contributed by atoms with Gasteiger partial charge in [0.2, 0.25) is 5.91 Å². The summed E-state index contributed by atoms with van der Waals surface area (Å²) in [6, 6.07) is 0.426. The van der Waals surface area contributed by atoms with E-state index < -0.39 is 11.4 Å². The summed E-state index contributed by atoms with van der Waals surface area (Å²) in [4.78, 5) is 27.4. The summed E-state index contributed by atoms with van der Waals surface area (Å²) in [6.07, 6.45) is 4.45. The molecule has 1 N–H and O–H groups in total. The van der Waals surface area contributed by atoms with Gasteiger partial charge >= 0.3 is 5.97 Å². The molecule has 1 unspecified atom stereocenters. The molecular weight excluding hydrogens is 244 g/mol. The first kappa shape index (κ1) is 14.3. The van der Waals surface area contributed by atoms with E-state index in [4.69, 9.17) is 0 Å². The summed E-state index contributed by atoms with van der Waals surface area (Å²) < 4.78 is 0. The Balaban J connectivity index is 1.89. The van der Waals surface area contributed by atoms with E-state index in [1.165, 1.54) is 0 Å². The maximum Gasteiger partial charge on any atom is 0.310 e. The van der Waals surface area contributed by atoms with Crippen molar-refractivity contribution in [1.82, 2.24) is 9.80 Å². The third-order valence-electron chi connectivity index (χ3n) is 4.46. The third kappa shape index (κ3) is 3.08. The molecule has 1 saturated carbocycles. The van der Waals surface area contributed by atoms with E-state index in [1.54, 1.807) is 0 Å². The highest BCUT2D eigenvalue weighted by Gasteiger charge is 2.44. The van der Waals surface area contributed by atoms with E-state index in [0.29, 0.717) is 32.0 Å². The van der Waals surface area contributed by atoms with E-state index >= 15 is 0 Å². The van der Waals surface area contributed by atoms with Crippen molar-refractivity contribution < 1.29 is 14.7 Å². The fourth-order valence-electron chi connectivity index (χ4n) is 3.03. The van der Waals surface area contributed by atoms with Gasteiger partial charge in [-0.05, 0) is 32.2 Å². The quantitative estimate of drug-likeness (QED) is 0.786. The van der Waals surface area contributed by atoms with Crippen molar-refractivity contribution in [2.24, 2.45) is 5.41 Å². The van der Waals surface area contributed by atoms with Gasteiger partial charge in [-0.2, -0.15) is 0 Å². The number of carboxylic acids is 1. The summed E-state index contributed by atoms with van der Waals surface area (Å²) in [7, 11) is 1.85. The Hall–Kier alpha value is -1.10. The Morgan fingerprint density at radius 3 is 2.63 bits per heavy atom. The zero-order valence-electron chi connectivity index (χ0n) is 11.9. The number of amides is 1. The molecule has 108 valence electrons. The van der Waals surface area contributed by atoms with Crippen molar-refractivity contribution >= 4 is 11.9 Å². The molecule has 1 amide bonds. The zero-order valence-corrected chi connectivity index (χ0v) is 11.9. The van der Waals surface area contributed by atoms with Gasteiger partial charge in [0.05, 0.1) is 12.0 Å². The molecule has 0 spiro atoms. The van der Waals surface area contributed by atoms with Gasteiger partial charge in [0.1, 0.15) is 0 Å². The normalized spacial score (nSPS) is 27.5. The lowest BCUT2D eigenvalue weighted by molar-refractivity contribution is -0.149. The lowest BCUT2D eigenvalue weighted by Crippen LogP contribution is -2.40.